The Morgan fingerprint density at radius 1 is 1.19 bits per heavy atom. The number of carbonyl (C=O) groups excluding carboxylic acids is 1. The van der Waals surface area contributed by atoms with E-state index in [2.05, 4.69) is 19.7 Å². The number of aliphatic hydroxyl groups excluding tert-OH is 1. The van der Waals surface area contributed by atoms with Crippen LogP contribution >= 0.6 is 0 Å². The van der Waals surface area contributed by atoms with Crippen LogP contribution in [0, 0.1) is 5.92 Å². The number of aromatic nitrogens is 3. The van der Waals surface area contributed by atoms with Crippen LogP contribution in [-0.2, 0) is 6.42 Å². The van der Waals surface area contributed by atoms with E-state index < -0.39 is 18.3 Å². The highest BCUT2D eigenvalue weighted by molar-refractivity contribution is 6.00. The number of nitrogens with zero attached hydrogens (tertiary/aromatic N) is 3. The summed E-state index contributed by atoms with van der Waals surface area (Å²) in [5, 5.41) is 21.1. The third-order valence-electron chi connectivity index (χ3n) is 6.94. The van der Waals surface area contributed by atoms with E-state index in [0.717, 1.165) is 5.56 Å². The molecule has 190 valence electrons. The molecule has 1 aliphatic carbocycles. The minimum Gasteiger partial charge on any atom is -0.417 e. The third-order valence-corrected chi connectivity index (χ3v) is 6.94. The summed E-state index contributed by atoms with van der Waals surface area (Å²) in [5.41, 5.74) is 7.19. The number of ketones is 1. The van der Waals surface area contributed by atoms with Gasteiger partial charge in [0, 0.05) is 24.9 Å². The number of anilines is 1. The average molecular weight is 499 g/mol. The summed E-state index contributed by atoms with van der Waals surface area (Å²) in [7, 11) is 0. The molecule has 0 radical (unpaired) electrons. The number of hydrogen-bond acceptors (Lipinski definition) is 8. The normalized spacial score (nSPS) is 24.0. The summed E-state index contributed by atoms with van der Waals surface area (Å²) >= 11 is 0. The smallest absolute Gasteiger partial charge is 0.388 e. The lowest BCUT2D eigenvalue weighted by molar-refractivity contribution is -0.123. The highest BCUT2D eigenvalue weighted by Crippen LogP contribution is 2.42. The van der Waals surface area contributed by atoms with Crippen molar-refractivity contribution in [2.24, 2.45) is 5.92 Å². The van der Waals surface area contributed by atoms with Crippen molar-refractivity contribution < 1.29 is 28.5 Å². The van der Waals surface area contributed by atoms with Gasteiger partial charge in [-0.05, 0) is 67.0 Å². The lowest BCUT2D eigenvalue weighted by atomic mass is 9.68. The van der Waals surface area contributed by atoms with E-state index in [4.69, 9.17) is 5.73 Å². The number of carbonyl (C=O) groups is 1. The lowest BCUT2D eigenvalue weighted by Crippen LogP contribution is -2.49. The molecule has 0 amide bonds. The highest BCUT2D eigenvalue weighted by atomic mass is 19.3. The van der Waals surface area contributed by atoms with Gasteiger partial charge in [0.15, 0.2) is 5.78 Å². The van der Waals surface area contributed by atoms with E-state index in [1.54, 1.807) is 31.5 Å². The summed E-state index contributed by atoms with van der Waals surface area (Å²) < 4.78 is 29.5. The van der Waals surface area contributed by atoms with Crippen molar-refractivity contribution >= 4 is 11.5 Å². The maximum absolute atomic E-state index is 13.3. The van der Waals surface area contributed by atoms with Gasteiger partial charge < -0.3 is 20.7 Å². The number of pyridine rings is 3. The largest absolute Gasteiger partial charge is 0.417 e. The molecule has 4 atom stereocenters. The van der Waals surface area contributed by atoms with Crippen LogP contribution in [0.5, 0.6) is 5.88 Å². The fourth-order valence-electron chi connectivity index (χ4n) is 4.64. The second-order valence-corrected chi connectivity index (χ2v) is 9.36. The second kappa shape index (κ2) is 10.2. The van der Waals surface area contributed by atoms with Crippen molar-refractivity contribution in [3.63, 3.8) is 0 Å². The quantitative estimate of drug-likeness (QED) is 0.420. The fourth-order valence-corrected chi connectivity index (χ4v) is 4.64. The molecule has 3 aromatic heterocycles. The first-order valence-electron chi connectivity index (χ1n) is 11.6. The molecule has 0 saturated heterocycles. The van der Waals surface area contributed by atoms with Crippen molar-refractivity contribution in [3.05, 3.63) is 65.6 Å². The Hall–Kier alpha value is -3.50. The highest BCUT2D eigenvalue weighted by Gasteiger charge is 2.43. The zero-order valence-electron chi connectivity index (χ0n) is 19.9. The van der Waals surface area contributed by atoms with E-state index >= 15 is 0 Å². The van der Waals surface area contributed by atoms with Crippen LogP contribution in [0.3, 0.4) is 0 Å². The first-order valence-corrected chi connectivity index (χ1v) is 11.6. The number of Topliss-reactive ketones (excluding diaryl/α,β-unsaturated/α-hetero) is 1. The first kappa shape index (κ1) is 25.6. The minimum atomic E-state index is -3.02. The molecule has 3 heterocycles. The maximum atomic E-state index is 13.3. The second-order valence-electron chi connectivity index (χ2n) is 9.36. The molecule has 10 heteroatoms. The zero-order valence-corrected chi connectivity index (χ0v) is 19.9. The Labute approximate surface area is 207 Å². The van der Waals surface area contributed by atoms with Gasteiger partial charge >= 0.3 is 6.61 Å². The molecule has 0 aromatic carbocycles. The topological polar surface area (TPSA) is 131 Å². The summed E-state index contributed by atoms with van der Waals surface area (Å²) in [6, 6.07) is 9.26. The van der Waals surface area contributed by atoms with Crippen LogP contribution in [0.15, 0.2) is 48.8 Å². The van der Waals surface area contributed by atoms with Crippen molar-refractivity contribution in [1.29, 1.82) is 0 Å². The Bertz CT molecular complexity index is 1240. The molecule has 4 rings (SSSR count). The van der Waals surface area contributed by atoms with Crippen LogP contribution in [0.1, 0.15) is 54.2 Å². The van der Waals surface area contributed by atoms with Crippen LogP contribution in [0.25, 0.3) is 11.4 Å². The van der Waals surface area contributed by atoms with Gasteiger partial charge in [0.05, 0.1) is 28.8 Å². The molecule has 3 aromatic rings. The van der Waals surface area contributed by atoms with E-state index in [-0.39, 0.29) is 52.7 Å². The maximum Gasteiger partial charge on any atom is 0.388 e. The van der Waals surface area contributed by atoms with E-state index in [1.807, 2.05) is 13.0 Å². The summed E-state index contributed by atoms with van der Waals surface area (Å²) in [6.45, 7) is 0.519. The van der Waals surface area contributed by atoms with Gasteiger partial charge in [-0.3, -0.25) is 9.78 Å². The van der Waals surface area contributed by atoms with Gasteiger partial charge in [-0.25, -0.2) is 9.97 Å². The first-order chi connectivity index (χ1) is 17.1. The molecule has 0 aliphatic heterocycles. The number of nitrogen functional groups attached to an aromatic ring is 1. The molecule has 4 N–H and O–H groups in total. The van der Waals surface area contributed by atoms with Gasteiger partial charge in [-0.15, -0.1) is 0 Å². The van der Waals surface area contributed by atoms with Gasteiger partial charge in [0.25, 0.3) is 0 Å². The Morgan fingerprint density at radius 2 is 1.94 bits per heavy atom. The van der Waals surface area contributed by atoms with Crippen LogP contribution < -0.4 is 10.5 Å². The molecule has 0 unspecified atom stereocenters. The van der Waals surface area contributed by atoms with Gasteiger partial charge in [0.2, 0.25) is 5.88 Å². The molecule has 1 fully saturated rings. The summed E-state index contributed by atoms with van der Waals surface area (Å²) in [4.78, 5) is 25.9. The third kappa shape index (κ3) is 5.34. The number of aliphatic hydroxyl groups is 2. The molecule has 0 bridgehead atoms. The van der Waals surface area contributed by atoms with E-state index in [9.17, 15) is 23.8 Å². The Kier molecular flexibility index (Phi) is 7.28. The van der Waals surface area contributed by atoms with Crippen LogP contribution in [0.4, 0.5) is 14.5 Å². The number of alkyl halides is 2. The monoisotopic (exact) mass is 498 g/mol. The van der Waals surface area contributed by atoms with Crippen molar-refractivity contribution in [2.75, 3.05) is 5.73 Å². The lowest BCUT2D eigenvalue weighted by Gasteiger charge is -2.43. The van der Waals surface area contributed by atoms with Gasteiger partial charge in [0.1, 0.15) is 5.69 Å². The molecule has 1 saturated carbocycles. The van der Waals surface area contributed by atoms with Crippen LogP contribution in [0.2, 0.25) is 0 Å². The molecular weight excluding hydrogens is 470 g/mol. The average Bonchev–Trinajstić information content (AvgIpc) is 2.83. The summed E-state index contributed by atoms with van der Waals surface area (Å²) in [6.07, 6.45) is 3.34. The number of hydrogen-bond donors (Lipinski definition) is 3. The fraction of sp³-hybridized carbons (Fsp3) is 0.385. The molecule has 36 heavy (non-hydrogen) atoms. The SMILES string of the molecule is C[C@H]1C[C@@H](c2ccncc2CC(=O)c2nc(-c3cccc(OC(F)F)n3)ccc2N)C[C@@H](O)[C@]1(C)O. The predicted molar refractivity (Wildman–Crippen MR) is 129 cm³/mol. The molecular formula is C26H28F2N4O4. The Balaban J connectivity index is 1.59. The van der Waals surface area contributed by atoms with Crippen LogP contribution in [-0.4, -0.2) is 49.3 Å². The number of nitrogens with two attached hydrogens (primary N) is 1. The summed E-state index contributed by atoms with van der Waals surface area (Å²) in [5.74, 6) is -0.814. The van der Waals surface area contributed by atoms with Crippen molar-refractivity contribution in [2.45, 2.75) is 57.3 Å². The molecule has 0 spiro atoms. The zero-order chi connectivity index (χ0) is 26.0. The van der Waals surface area contributed by atoms with E-state index in [0.29, 0.717) is 18.4 Å². The van der Waals surface area contributed by atoms with Crippen molar-refractivity contribution in [3.8, 4) is 17.3 Å². The number of halogens is 2. The van der Waals surface area contributed by atoms with Crippen molar-refractivity contribution in [1.82, 2.24) is 15.0 Å². The predicted octanol–water partition coefficient (Wildman–Crippen LogP) is 3.77. The number of rotatable bonds is 7. The molecule has 8 nitrogen and oxygen atoms in total. The number of ether oxygens (including phenoxy) is 1. The van der Waals surface area contributed by atoms with Gasteiger partial charge in [-0.1, -0.05) is 13.0 Å². The molecule has 1 aliphatic rings. The van der Waals surface area contributed by atoms with E-state index in [1.165, 1.54) is 18.2 Å². The minimum absolute atomic E-state index is 0.0246. The Morgan fingerprint density at radius 3 is 2.67 bits per heavy atom. The standard InChI is InChI=1S/C26H28F2N4O4/c1-14-10-15(12-22(34)26(14,2)35)17-8-9-30-13-16(17)11-21(33)24-18(29)6-7-20(32-24)19-4-3-5-23(31-19)36-25(27)28/h3-9,13-15,22,25,34-35H,10-12,29H2,1-2H3/t14-,15+,22+,26+/m0/s1. The van der Waals surface area contributed by atoms with Gasteiger partial charge in [-0.2, -0.15) is 8.78 Å².